The molecule has 1 aliphatic heterocycles. The molecule has 1 saturated heterocycles. The zero-order chi connectivity index (χ0) is 23.8. The number of nitrogens with zero attached hydrogens (tertiary/aromatic N) is 1. The topological polar surface area (TPSA) is 71.0 Å². The van der Waals surface area contributed by atoms with Crippen molar-refractivity contribution in [1.82, 2.24) is 10.2 Å². The van der Waals surface area contributed by atoms with Gasteiger partial charge in [0, 0.05) is 31.6 Å². The van der Waals surface area contributed by atoms with Gasteiger partial charge in [0.1, 0.15) is 23.7 Å². The summed E-state index contributed by atoms with van der Waals surface area (Å²) in [5.74, 6) is 1.54. The SMILES string of the molecule is CC(=O)NCCCOc1ccc(CN2CCC[C@](O)(COc3cc(C)c(Cl)c(C)c3)C2)cc1. The molecule has 180 valence electrons. The molecule has 1 heterocycles. The number of benzene rings is 2. The van der Waals surface area contributed by atoms with Gasteiger partial charge >= 0.3 is 0 Å². The number of hydrogen-bond acceptors (Lipinski definition) is 5. The van der Waals surface area contributed by atoms with Crippen molar-refractivity contribution < 1.29 is 19.4 Å². The summed E-state index contributed by atoms with van der Waals surface area (Å²) in [6, 6.07) is 11.9. The molecule has 2 aromatic rings. The minimum absolute atomic E-state index is 0.0225. The molecule has 33 heavy (non-hydrogen) atoms. The van der Waals surface area contributed by atoms with Crippen LogP contribution in [0.3, 0.4) is 0 Å². The molecule has 0 aromatic heterocycles. The number of amides is 1. The van der Waals surface area contributed by atoms with E-state index < -0.39 is 5.60 Å². The van der Waals surface area contributed by atoms with Crippen molar-refractivity contribution in [1.29, 1.82) is 0 Å². The maximum absolute atomic E-state index is 11.2. The zero-order valence-corrected chi connectivity index (χ0v) is 20.6. The van der Waals surface area contributed by atoms with Gasteiger partial charge in [-0.15, -0.1) is 0 Å². The highest BCUT2D eigenvalue weighted by Crippen LogP contribution is 2.28. The monoisotopic (exact) mass is 474 g/mol. The Morgan fingerprint density at radius 2 is 1.85 bits per heavy atom. The zero-order valence-electron chi connectivity index (χ0n) is 19.8. The number of halogens is 1. The summed E-state index contributed by atoms with van der Waals surface area (Å²) in [5.41, 5.74) is 2.25. The number of piperidine rings is 1. The summed E-state index contributed by atoms with van der Waals surface area (Å²) in [4.78, 5) is 13.1. The van der Waals surface area contributed by atoms with E-state index in [0.717, 1.165) is 60.0 Å². The summed E-state index contributed by atoms with van der Waals surface area (Å²) in [7, 11) is 0. The van der Waals surface area contributed by atoms with Crippen LogP contribution >= 0.6 is 11.6 Å². The lowest BCUT2D eigenvalue weighted by Gasteiger charge is -2.39. The van der Waals surface area contributed by atoms with Crippen molar-refractivity contribution in [2.24, 2.45) is 0 Å². The number of carbonyl (C=O) groups is 1. The minimum Gasteiger partial charge on any atom is -0.494 e. The molecule has 0 unspecified atom stereocenters. The maximum Gasteiger partial charge on any atom is 0.216 e. The van der Waals surface area contributed by atoms with Crippen LogP contribution < -0.4 is 14.8 Å². The van der Waals surface area contributed by atoms with Gasteiger partial charge in [-0.05, 0) is 80.6 Å². The third-order valence-electron chi connectivity index (χ3n) is 5.85. The van der Waals surface area contributed by atoms with Crippen LogP contribution in [-0.2, 0) is 11.3 Å². The molecule has 0 aliphatic carbocycles. The molecule has 0 saturated carbocycles. The molecule has 1 amide bonds. The number of rotatable bonds is 10. The van der Waals surface area contributed by atoms with Gasteiger partial charge < -0.3 is 19.9 Å². The number of aryl methyl sites for hydroxylation is 2. The molecule has 1 aliphatic rings. The van der Waals surface area contributed by atoms with Gasteiger partial charge in [0.05, 0.1) is 6.61 Å². The number of β-amino-alcohol motifs (C(OH)–C–C–N with tert-alkyl or cyclic N) is 1. The van der Waals surface area contributed by atoms with E-state index in [0.29, 0.717) is 19.7 Å². The molecule has 7 heteroatoms. The summed E-state index contributed by atoms with van der Waals surface area (Å²) in [6.07, 6.45) is 2.42. The fourth-order valence-corrected chi connectivity index (χ4v) is 4.25. The lowest BCUT2D eigenvalue weighted by atomic mass is 9.93. The third-order valence-corrected chi connectivity index (χ3v) is 6.44. The first-order valence-corrected chi connectivity index (χ1v) is 11.9. The van der Waals surface area contributed by atoms with Crippen LogP contribution in [-0.4, -0.2) is 54.4 Å². The summed E-state index contributed by atoms with van der Waals surface area (Å²) in [6.45, 7) is 9.15. The van der Waals surface area contributed by atoms with E-state index in [-0.39, 0.29) is 12.5 Å². The summed E-state index contributed by atoms with van der Waals surface area (Å²) < 4.78 is 11.7. The van der Waals surface area contributed by atoms with E-state index in [1.807, 2.05) is 38.1 Å². The molecular weight excluding hydrogens is 440 g/mol. The molecule has 2 N–H and O–H groups in total. The lowest BCUT2D eigenvalue weighted by molar-refractivity contribution is -0.118. The van der Waals surface area contributed by atoms with E-state index >= 15 is 0 Å². The Morgan fingerprint density at radius 3 is 2.52 bits per heavy atom. The van der Waals surface area contributed by atoms with Crippen LogP contribution in [0, 0.1) is 13.8 Å². The van der Waals surface area contributed by atoms with Crippen LogP contribution in [0.4, 0.5) is 0 Å². The number of hydrogen-bond donors (Lipinski definition) is 2. The van der Waals surface area contributed by atoms with Gasteiger partial charge in [0.25, 0.3) is 0 Å². The van der Waals surface area contributed by atoms with Gasteiger partial charge in [-0.25, -0.2) is 0 Å². The molecule has 0 bridgehead atoms. The minimum atomic E-state index is -0.878. The molecular formula is C26H35ClN2O4. The molecule has 2 aromatic carbocycles. The van der Waals surface area contributed by atoms with Crippen LogP contribution in [0.1, 0.15) is 42.9 Å². The Hall–Kier alpha value is -2.28. The van der Waals surface area contributed by atoms with E-state index in [9.17, 15) is 9.90 Å². The van der Waals surface area contributed by atoms with Gasteiger partial charge in [-0.3, -0.25) is 9.69 Å². The Bertz CT molecular complexity index is 911. The first kappa shape index (κ1) is 25.3. The van der Waals surface area contributed by atoms with E-state index in [2.05, 4.69) is 22.3 Å². The number of aliphatic hydroxyl groups is 1. The van der Waals surface area contributed by atoms with Crippen molar-refractivity contribution in [3.63, 3.8) is 0 Å². The Balaban J connectivity index is 1.47. The van der Waals surface area contributed by atoms with Crippen LogP contribution in [0.5, 0.6) is 11.5 Å². The Morgan fingerprint density at radius 1 is 1.15 bits per heavy atom. The highest BCUT2D eigenvalue weighted by Gasteiger charge is 2.34. The second-order valence-corrected chi connectivity index (χ2v) is 9.41. The second-order valence-electron chi connectivity index (χ2n) is 9.03. The molecule has 0 radical (unpaired) electrons. The highest BCUT2D eigenvalue weighted by molar-refractivity contribution is 6.32. The van der Waals surface area contributed by atoms with Crippen LogP contribution in [0.15, 0.2) is 36.4 Å². The van der Waals surface area contributed by atoms with Crippen LogP contribution in [0.2, 0.25) is 5.02 Å². The standard InChI is InChI=1S/C26H35ClN2O4/c1-19-14-24(15-20(2)25(19)27)33-18-26(31)10-4-12-29(17-26)16-22-6-8-23(9-7-22)32-13-5-11-28-21(3)30/h6-9,14-15,31H,4-5,10-13,16-18H2,1-3H3,(H,28,30)/t26-/m1/s1. The largest absolute Gasteiger partial charge is 0.494 e. The average Bonchev–Trinajstić information content (AvgIpc) is 2.77. The lowest BCUT2D eigenvalue weighted by Crippen LogP contribution is -2.51. The van der Waals surface area contributed by atoms with E-state index in [1.165, 1.54) is 12.5 Å². The fourth-order valence-electron chi connectivity index (χ4n) is 4.14. The van der Waals surface area contributed by atoms with Crippen molar-refractivity contribution in [3.8, 4) is 11.5 Å². The number of nitrogens with one attached hydrogen (secondary N) is 1. The van der Waals surface area contributed by atoms with E-state index in [1.54, 1.807) is 0 Å². The van der Waals surface area contributed by atoms with Crippen molar-refractivity contribution >= 4 is 17.5 Å². The molecule has 6 nitrogen and oxygen atoms in total. The Kier molecular flexibility index (Phi) is 9.01. The van der Waals surface area contributed by atoms with Crippen molar-refractivity contribution in [2.75, 3.05) is 32.8 Å². The number of ether oxygens (including phenoxy) is 2. The summed E-state index contributed by atoms with van der Waals surface area (Å²) >= 11 is 6.25. The van der Waals surface area contributed by atoms with Crippen molar-refractivity contribution in [2.45, 2.75) is 52.2 Å². The molecule has 1 atom stereocenters. The molecule has 3 rings (SSSR count). The maximum atomic E-state index is 11.2. The highest BCUT2D eigenvalue weighted by atomic mass is 35.5. The predicted octanol–water partition coefficient (Wildman–Crippen LogP) is 4.27. The normalized spacial score (nSPS) is 18.7. The van der Waals surface area contributed by atoms with Crippen LogP contribution in [0.25, 0.3) is 0 Å². The molecule has 1 fully saturated rings. The van der Waals surface area contributed by atoms with E-state index in [4.69, 9.17) is 21.1 Å². The second kappa shape index (κ2) is 11.7. The van der Waals surface area contributed by atoms with Crippen molar-refractivity contribution in [3.05, 3.63) is 58.1 Å². The fraction of sp³-hybridized carbons (Fsp3) is 0.500. The first-order chi connectivity index (χ1) is 15.7. The van der Waals surface area contributed by atoms with Gasteiger partial charge in [-0.2, -0.15) is 0 Å². The molecule has 0 spiro atoms. The average molecular weight is 475 g/mol. The summed E-state index contributed by atoms with van der Waals surface area (Å²) in [5, 5.41) is 14.7. The van der Waals surface area contributed by atoms with Gasteiger partial charge in [-0.1, -0.05) is 23.7 Å². The van der Waals surface area contributed by atoms with Gasteiger partial charge in [0.2, 0.25) is 5.91 Å². The predicted molar refractivity (Wildman–Crippen MR) is 131 cm³/mol. The quantitative estimate of drug-likeness (QED) is 0.503. The van der Waals surface area contributed by atoms with Gasteiger partial charge in [0.15, 0.2) is 0 Å². The Labute approximate surface area is 201 Å². The first-order valence-electron chi connectivity index (χ1n) is 11.5. The smallest absolute Gasteiger partial charge is 0.216 e. The number of carbonyl (C=O) groups excluding carboxylic acids is 1. The third kappa shape index (κ3) is 7.91. The number of likely N-dealkylation sites (tertiary alicyclic amines) is 1.